The Morgan fingerprint density at radius 2 is 2.04 bits per heavy atom. The lowest BCUT2D eigenvalue weighted by Gasteiger charge is -2.09. The molecule has 7 nitrogen and oxygen atoms in total. The van der Waals surface area contributed by atoms with E-state index >= 15 is 0 Å². The quantitative estimate of drug-likeness (QED) is 0.264. The summed E-state index contributed by atoms with van der Waals surface area (Å²) in [5.41, 5.74) is 2.69. The molecule has 0 atom stereocenters. The van der Waals surface area contributed by atoms with Crippen molar-refractivity contribution in [1.82, 2.24) is 34.7 Å². The molecule has 0 N–H and O–H groups in total. The van der Waals surface area contributed by atoms with E-state index in [0.29, 0.717) is 12.2 Å². The second-order valence-corrected chi connectivity index (χ2v) is 8.71. The zero-order chi connectivity index (χ0) is 18.8. The Hall–Kier alpha value is -2.30. The average Bonchev–Trinajstić information content (AvgIpc) is 3.27. The first-order valence-electron chi connectivity index (χ1n) is 7.97. The van der Waals surface area contributed by atoms with E-state index in [2.05, 4.69) is 36.7 Å². The van der Waals surface area contributed by atoms with Gasteiger partial charge < -0.3 is 0 Å². The lowest BCUT2D eigenvalue weighted by atomic mass is 10.2. The molecule has 0 aliphatic rings. The molecule has 0 aliphatic heterocycles. The topological polar surface area (TPSA) is 82.3 Å². The molecule has 0 saturated carbocycles. The maximum Gasteiger partial charge on any atom is 0.198 e. The zero-order valence-electron chi connectivity index (χ0n) is 14.7. The van der Waals surface area contributed by atoms with Crippen LogP contribution in [0.4, 0.5) is 0 Å². The van der Waals surface area contributed by atoms with Gasteiger partial charge in [0.2, 0.25) is 0 Å². The number of allylic oxidation sites excluding steroid dienone is 1. The molecule has 0 spiro atoms. The number of hydrogen-bond donors (Lipinski definition) is 0. The van der Waals surface area contributed by atoms with Crippen LogP contribution in [0.3, 0.4) is 0 Å². The molecule has 0 fully saturated rings. The Bertz CT molecular complexity index is 1100. The molecule has 4 heterocycles. The maximum atomic E-state index is 4.51. The van der Waals surface area contributed by atoms with E-state index in [1.165, 1.54) is 18.1 Å². The van der Waals surface area contributed by atoms with Crippen LogP contribution in [0, 0.1) is 0 Å². The van der Waals surface area contributed by atoms with Crippen molar-refractivity contribution in [1.29, 1.82) is 0 Å². The molecule has 0 aliphatic carbocycles. The van der Waals surface area contributed by atoms with Gasteiger partial charge in [-0.1, -0.05) is 23.9 Å². The Morgan fingerprint density at radius 3 is 2.78 bits per heavy atom. The minimum Gasteiger partial charge on any atom is -0.298 e. The number of thioether (sulfide) groups is 1. The van der Waals surface area contributed by atoms with Gasteiger partial charge in [-0.15, -0.1) is 21.5 Å². The third-order valence-electron chi connectivity index (χ3n) is 3.58. The predicted molar refractivity (Wildman–Crippen MR) is 109 cm³/mol. The molecule has 4 aromatic rings. The first-order valence-corrected chi connectivity index (χ1v) is 10.8. The fraction of sp³-hybridized carbons (Fsp3) is 0.176. The normalized spacial score (nSPS) is 11.2. The highest BCUT2D eigenvalue weighted by Crippen LogP contribution is 2.36. The monoisotopic (exact) mass is 413 g/mol. The molecule has 0 aromatic carbocycles. The van der Waals surface area contributed by atoms with Gasteiger partial charge >= 0.3 is 0 Å². The molecule has 0 amide bonds. The summed E-state index contributed by atoms with van der Waals surface area (Å²) in [5.74, 6) is 0.780. The minimum atomic E-state index is 0.625. The highest BCUT2D eigenvalue weighted by Gasteiger charge is 2.18. The van der Waals surface area contributed by atoms with Gasteiger partial charge in [0.25, 0.3) is 0 Å². The second kappa shape index (κ2) is 7.75. The van der Waals surface area contributed by atoms with Crippen LogP contribution in [-0.2, 0) is 6.54 Å². The summed E-state index contributed by atoms with van der Waals surface area (Å²) in [6.45, 7) is 6.66. The summed E-state index contributed by atoms with van der Waals surface area (Å²) in [6.07, 6.45) is 7.04. The molecule has 0 bridgehead atoms. The lowest BCUT2D eigenvalue weighted by Crippen LogP contribution is -2.03. The molecule has 4 rings (SSSR count). The van der Waals surface area contributed by atoms with Gasteiger partial charge in [-0.05, 0) is 37.1 Å². The van der Waals surface area contributed by atoms with Gasteiger partial charge in [0.05, 0.1) is 0 Å². The number of hydrogen-bond acceptors (Lipinski definition) is 9. The van der Waals surface area contributed by atoms with Crippen molar-refractivity contribution in [3.63, 3.8) is 0 Å². The van der Waals surface area contributed by atoms with E-state index in [1.807, 2.05) is 29.9 Å². The summed E-state index contributed by atoms with van der Waals surface area (Å²) < 4.78 is 3.97. The van der Waals surface area contributed by atoms with Crippen LogP contribution in [-0.4, -0.2) is 41.0 Å². The summed E-state index contributed by atoms with van der Waals surface area (Å²) in [5, 5.41) is 10.4. The van der Waals surface area contributed by atoms with Gasteiger partial charge in [0.1, 0.15) is 16.1 Å². The van der Waals surface area contributed by atoms with Crippen molar-refractivity contribution in [3.8, 4) is 11.4 Å². The third-order valence-corrected chi connectivity index (χ3v) is 6.74. The number of pyridine rings is 1. The highest BCUT2D eigenvalue weighted by atomic mass is 32.2. The van der Waals surface area contributed by atoms with E-state index in [0.717, 1.165) is 36.2 Å². The number of thiazole rings is 1. The maximum absolute atomic E-state index is 4.51. The van der Waals surface area contributed by atoms with Crippen molar-refractivity contribution in [3.05, 3.63) is 43.0 Å². The van der Waals surface area contributed by atoms with Gasteiger partial charge in [-0.3, -0.25) is 9.55 Å². The number of rotatable bonds is 6. The van der Waals surface area contributed by atoms with E-state index in [4.69, 9.17) is 0 Å². The standard InChI is InChI=1S/C17H15N7S3/c1-10(2)8-24-14(11-4-6-18-7-5-11)22-23-16(24)27-15-12-13(19-9-20-15)21-17(25-3)26-12/h4-7,9H,1,8H2,2-3H3. The number of nitrogens with zero attached hydrogens (tertiary/aromatic N) is 7. The van der Waals surface area contributed by atoms with Crippen molar-refractivity contribution in [2.75, 3.05) is 6.26 Å². The fourth-order valence-corrected chi connectivity index (χ4v) is 4.90. The molecule has 27 heavy (non-hydrogen) atoms. The largest absolute Gasteiger partial charge is 0.298 e. The third kappa shape index (κ3) is 3.73. The summed E-state index contributed by atoms with van der Waals surface area (Å²) in [7, 11) is 0. The molecular formula is C17H15N7S3. The van der Waals surface area contributed by atoms with Crippen molar-refractivity contribution >= 4 is 45.2 Å². The van der Waals surface area contributed by atoms with Crippen LogP contribution in [0.15, 0.2) is 57.5 Å². The molecule has 0 radical (unpaired) electrons. The second-order valence-electron chi connectivity index (χ2n) is 5.70. The highest BCUT2D eigenvalue weighted by molar-refractivity contribution is 8.00. The molecule has 0 saturated heterocycles. The van der Waals surface area contributed by atoms with Gasteiger partial charge in [-0.2, -0.15) is 0 Å². The lowest BCUT2D eigenvalue weighted by molar-refractivity contribution is 0.706. The van der Waals surface area contributed by atoms with Crippen LogP contribution >= 0.6 is 34.9 Å². The zero-order valence-corrected chi connectivity index (χ0v) is 17.1. The first-order chi connectivity index (χ1) is 13.2. The number of aromatic nitrogens is 7. The average molecular weight is 414 g/mol. The number of fused-ring (bicyclic) bond motifs is 1. The molecule has 136 valence electrons. The van der Waals surface area contributed by atoms with Crippen molar-refractivity contribution in [2.24, 2.45) is 0 Å². The SMILES string of the molecule is C=C(C)Cn1c(Sc2ncnc3nc(SC)sc23)nnc1-c1ccncc1. The minimum absolute atomic E-state index is 0.625. The van der Waals surface area contributed by atoms with Gasteiger partial charge in [-0.25, -0.2) is 15.0 Å². The van der Waals surface area contributed by atoms with Gasteiger partial charge in [0, 0.05) is 24.5 Å². The predicted octanol–water partition coefficient (Wildman–Crippen LogP) is 4.19. The van der Waals surface area contributed by atoms with Gasteiger partial charge in [0.15, 0.2) is 21.0 Å². The Kier molecular flexibility index (Phi) is 5.19. The molecular weight excluding hydrogens is 398 g/mol. The van der Waals surface area contributed by atoms with Crippen LogP contribution in [0.1, 0.15) is 6.92 Å². The van der Waals surface area contributed by atoms with Crippen molar-refractivity contribution in [2.45, 2.75) is 28.0 Å². The smallest absolute Gasteiger partial charge is 0.198 e. The molecule has 4 aromatic heterocycles. The van der Waals surface area contributed by atoms with Crippen LogP contribution < -0.4 is 0 Å². The van der Waals surface area contributed by atoms with Crippen LogP contribution in [0.5, 0.6) is 0 Å². The Balaban J connectivity index is 1.77. The summed E-state index contributed by atoms with van der Waals surface area (Å²) >= 11 is 4.66. The molecule has 0 unspecified atom stereocenters. The van der Waals surface area contributed by atoms with Crippen LogP contribution in [0.25, 0.3) is 21.7 Å². The fourth-order valence-electron chi connectivity index (χ4n) is 2.45. The van der Waals surface area contributed by atoms with Crippen molar-refractivity contribution < 1.29 is 0 Å². The summed E-state index contributed by atoms with van der Waals surface area (Å²) in [6, 6.07) is 3.84. The Morgan fingerprint density at radius 1 is 1.22 bits per heavy atom. The van der Waals surface area contributed by atoms with E-state index in [9.17, 15) is 0 Å². The van der Waals surface area contributed by atoms with E-state index in [1.54, 1.807) is 35.5 Å². The summed E-state index contributed by atoms with van der Waals surface area (Å²) in [4.78, 5) is 17.3. The van der Waals surface area contributed by atoms with Crippen LogP contribution in [0.2, 0.25) is 0 Å². The Labute approximate surface area is 168 Å². The first kappa shape index (κ1) is 18.1. The molecule has 10 heteroatoms. The van der Waals surface area contributed by atoms with E-state index < -0.39 is 0 Å². The van der Waals surface area contributed by atoms with E-state index in [-0.39, 0.29) is 0 Å².